The van der Waals surface area contributed by atoms with Crippen molar-refractivity contribution in [1.82, 2.24) is 16.0 Å². The first-order valence-electron chi connectivity index (χ1n) is 13.5. The van der Waals surface area contributed by atoms with E-state index >= 15 is 0 Å². The second kappa shape index (κ2) is 21.6. The molecule has 0 aliphatic rings. The Morgan fingerprint density at radius 2 is 1.53 bits per heavy atom. The summed E-state index contributed by atoms with van der Waals surface area (Å²) in [6.45, 7) is 13.7. The summed E-state index contributed by atoms with van der Waals surface area (Å²) in [6, 6.07) is 17.4. The number of carbonyl (C=O) groups excluding carboxylic acids is 3. The number of carbonyl (C=O) groups is 3. The number of hydrogen-bond donors (Lipinski definition) is 4. The number of halogens is 4. The van der Waals surface area contributed by atoms with Crippen LogP contribution in [0.2, 0.25) is 0 Å². The van der Waals surface area contributed by atoms with E-state index in [1.54, 1.807) is 20.0 Å². The van der Waals surface area contributed by atoms with Gasteiger partial charge in [-0.15, -0.1) is 0 Å². The predicted octanol–water partition coefficient (Wildman–Crippen LogP) is 6.23. The molecule has 2 amide bonds. The first kappa shape index (κ1) is 40.0. The highest BCUT2D eigenvalue weighted by atomic mass is 19.4. The molecule has 0 saturated carbocycles. The van der Waals surface area contributed by atoms with Crippen molar-refractivity contribution in [3.63, 3.8) is 0 Å². The minimum absolute atomic E-state index is 0.250. The predicted molar refractivity (Wildman–Crippen MR) is 171 cm³/mol. The number of aryl methyl sites for hydroxylation is 2. The number of nitrogens with two attached hydrogens (primary N) is 1. The topological polar surface area (TPSA) is 113 Å². The van der Waals surface area contributed by atoms with Gasteiger partial charge in [0.05, 0.1) is 5.56 Å². The standard InChI is InChI=1S/C15H19F3N2.C11H13NO.C7H5FO.CH3NO/c1-10-5-13(8-14(6-10)15(16,17)18)7-11(2)20-12(3)9-19-4;1-3-11(12-8-13)10-6-4-5-9(2)7-10;8-7-3-1-6(5-9)2-4-7;2-1-3/h5-6,8,19-20H,2-3,7,9H2,1,4H3;3-8H,1-2H3,(H,12,13);1-5H;1H,(H2,2,3)/b;11-3-;;. The van der Waals surface area contributed by atoms with Crippen molar-refractivity contribution in [2.45, 2.75) is 33.4 Å². The van der Waals surface area contributed by atoms with Crippen LogP contribution in [0.25, 0.3) is 5.70 Å². The third kappa shape index (κ3) is 17.6. The Morgan fingerprint density at radius 1 is 0.911 bits per heavy atom. The lowest BCUT2D eigenvalue weighted by Crippen LogP contribution is -2.22. The summed E-state index contributed by atoms with van der Waals surface area (Å²) in [5.41, 5.74) is 9.59. The molecule has 0 bridgehead atoms. The van der Waals surface area contributed by atoms with Crippen molar-refractivity contribution in [3.05, 3.63) is 137 Å². The van der Waals surface area contributed by atoms with E-state index in [4.69, 9.17) is 4.79 Å². The highest BCUT2D eigenvalue weighted by Crippen LogP contribution is 2.31. The van der Waals surface area contributed by atoms with Crippen molar-refractivity contribution in [2.24, 2.45) is 5.73 Å². The maximum absolute atomic E-state index is 12.7. The van der Waals surface area contributed by atoms with Gasteiger partial charge in [0.1, 0.15) is 12.1 Å². The lowest BCUT2D eigenvalue weighted by atomic mass is 10.0. The van der Waals surface area contributed by atoms with Gasteiger partial charge in [-0.25, -0.2) is 4.39 Å². The molecule has 0 radical (unpaired) electrons. The number of benzene rings is 3. The number of primary amides is 1. The largest absolute Gasteiger partial charge is 0.416 e. The SMILES string of the molecule is C/C=C(\NC=O)c1cccc(C)c1.C=C(CNC)NC(=C)Cc1cc(C)cc(C(F)(F)F)c1.NC=O.O=Cc1ccc(F)cc1. The van der Waals surface area contributed by atoms with Crippen LogP contribution in [0.15, 0.2) is 97.4 Å². The summed E-state index contributed by atoms with van der Waals surface area (Å²) >= 11 is 0. The fourth-order valence-electron chi connectivity index (χ4n) is 3.68. The monoisotopic (exact) mass is 628 g/mol. The summed E-state index contributed by atoms with van der Waals surface area (Å²) in [5, 5.41) is 8.55. The number of amides is 2. The third-order valence-electron chi connectivity index (χ3n) is 5.46. The molecule has 242 valence electrons. The van der Waals surface area contributed by atoms with Gasteiger partial charge >= 0.3 is 6.18 Å². The van der Waals surface area contributed by atoms with Crippen molar-refractivity contribution in [2.75, 3.05) is 13.6 Å². The highest BCUT2D eigenvalue weighted by Gasteiger charge is 2.30. The van der Waals surface area contributed by atoms with E-state index in [0.717, 1.165) is 29.1 Å². The average molecular weight is 629 g/mol. The fourth-order valence-corrected chi connectivity index (χ4v) is 3.68. The Morgan fingerprint density at radius 3 is 2.02 bits per heavy atom. The highest BCUT2D eigenvalue weighted by molar-refractivity contribution is 5.74. The van der Waals surface area contributed by atoms with E-state index < -0.39 is 11.7 Å². The van der Waals surface area contributed by atoms with E-state index in [2.05, 4.69) is 34.8 Å². The molecule has 3 rings (SSSR count). The second-order valence-electron chi connectivity index (χ2n) is 9.38. The van der Waals surface area contributed by atoms with Crippen LogP contribution in [-0.4, -0.2) is 32.7 Å². The molecule has 0 saturated heterocycles. The maximum Gasteiger partial charge on any atom is 0.416 e. The molecule has 0 unspecified atom stereocenters. The normalized spacial score (nSPS) is 10.3. The van der Waals surface area contributed by atoms with Crippen LogP contribution in [0.1, 0.15) is 45.1 Å². The zero-order chi connectivity index (χ0) is 34.4. The van der Waals surface area contributed by atoms with E-state index in [0.29, 0.717) is 48.0 Å². The third-order valence-corrected chi connectivity index (χ3v) is 5.46. The number of nitrogens with one attached hydrogen (secondary N) is 3. The Hall–Kier alpha value is -5.03. The molecule has 0 aliphatic heterocycles. The molecule has 0 heterocycles. The van der Waals surface area contributed by atoms with Gasteiger partial charge in [0.25, 0.3) is 0 Å². The van der Waals surface area contributed by atoms with E-state index in [1.165, 1.54) is 29.8 Å². The molecule has 3 aromatic carbocycles. The van der Waals surface area contributed by atoms with Crippen LogP contribution in [0.5, 0.6) is 0 Å². The number of likely N-dealkylation sites (N-methyl/N-ethyl adjacent to an activating group) is 1. The van der Waals surface area contributed by atoms with Gasteiger partial charge in [-0.1, -0.05) is 54.6 Å². The van der Waals surface area contributed by atoms with Gasteiger partial charge in [0, 0.05) is 35.6 Å². The molecule has 0 atom stereocenters. The zero-order valence-corrected chi connectivity index (χ0v) is 25.8. The lowest BCUT2D eigenvalue weighted by molar-refractivity contribution is -0.137. The van der Waals surface area contributed by atoms with E-state index in [9.17, 15) is 27.2 Å². The lowest BCUT2D eigenvalue weighted by Gasteiger charge is -2.14. The molecule has 0 spiro atoms. The first-order chi connectivity index (χ1) is 21.2. The summed E-state index contributed by atoms with van der Waals surface area (Å²) in [6.07, 6.45) is -0.501. The Bertz CT molecular complexity index is 1420. The van der Waals surface area contributed by atoms with Crippen LogP contribution in [-0.2, 0) is 22.2 Å². The van der Waals surface area contributed by atoms with Crippen molar-refractivity contribution in [1.29, 1.82) is 0 Å². The fraction of sp³-hybridized carbons (Fsp3) is 0.206. The Labute approximate surface area is 261 Å². The minimum atomic E-state index is -4.33. The molecular formula is C34H40F4N4O3. The van der Waals surface area contributed by atoms with Gasteiger partial charge in [-0.3, -0.25) is 14.4 Å². The molecule has 5 N–H and O–H groups in total. The molecule has 7 nitrogen and oxygen atoms in total. The number of rotatable bonds is 10. The van der Waals surface area contributed by atoms with Gasteiger partial charge in [-0.2, -0.15) is 13.2 Å². The molecular weight excluding hydrogens is 588 g/mol. The first-order valence-corrected chi connectivity index (χ1v) is 13.5. The number of aldehydes is 1. The minimum Gasteiger partial charge on any atom is -0.372 e. The van der Waals surface area contributed by atoms with E-state index in [1.807, 2.05) is 44.2 Å². The van der Waals surface area contributed by atoms with Gasteiger partial charge < -0.3 is 21.7 Å². The van der Waals surface area contributed by atoms with Crippen LogP contribution < -0.4 is 21.7 Å². The molecule has 0 aliphatic carbocycles. The van der Waals surface area contributed by atoms with Crippen LogP contribution in [0.4, 0.5) is 17.6 Å². The molecule has 0 fully saturated rings. The van der Waals surface area contributed by atoms with Crippen LogP contribution >= 0.6 is 0 Å². The zero-order valence-electron chi connectivity index (χ0n) is 25.8. The molecule has 3 aromatic rings. The Balaban J connectivity index is 0.000000662. The second-order valence-corrected chi connectivity index (χ2v) is 9.38. The van der Waals surface area contributed by atoms with Crippen molar-refractivity contribution < 1.29 is 31.9 Å². The smallest absolute Gasteiger partial charge is 0.372 e. The van der Waals surface area contributed by atoms with Crippen molar-refractivity contribution >= 4 is 24.8 Å². The molecule has 0 aromatic heterocycles. The molecule has 45 heavy (non-hydrogen) atoms. The maximum atomic E-state index is 12.7. The molecule has 11 heteroatoms. The quantitative estimate of drug-likeness (QED) is 0.157. The van der Waals surface area contributed by atoms with Crippen LogP contribution in [0, 0.1) is 19.7 Å². The van der Waals surface area contributed by atoms with E-state index in [-0.39, 0.29) is 12.2 Å². The average Bonchev–Trinajstić information content (AvgIpc) is 2.96. The number of alkyl halides is 3. The summed E-state index contributed by atoms with van der Waals surface area (Å²) in [7, 11) is 1.78. The van der Waals surface area contributed by atoms with Gasteiger partial charge in [-0.05, 0) is 81.4 Å². The van der Waals surface area contributed by atoms with Gasteiger partial charge in [0.15, 0.2) is 0 Å². The van der Waals surface area contributed by atoms with Crippen molar-refractivity contribution in [3.8, 4) is 0 Å². The summed E-state index contributed by atoms with van der Waals surface area (Å²) in [5.74, 6) is -0.319. The summed E-state index contributed by atoms with van der Waals surface area (Å²) in [4.78, 5) is 28.9. The van der Waals surface area contributed by atoms with Crippen LogP contribution in [0.3, 0.4) is 0 Å². The van der Waals surface area contributed by atoms with Gasteiger partial charge in [0.2, 0.25) is 12.8 Å². The number of allylic oxidation sites excluding steroid dienone is 2. The summed E-state index contributed by atoms with van der Waals surface area (Å²) < 4.78 is 50.3. The number of hydrogen-bond acceptors (Lipinski definition) is 5. The Kier molecular flexibility index (Phi) is 19.2.